The highest BCUT2D eigenvalue weighted by Gasteiger charge is 2.09. The molecular formula is C28H51O3P. The van der Waals surface area contributed by atoms with Crippen molar-refractivity contribution in [3.05, 3.63) is 29.8 Å². The van der Waals surface area contributed by atoms with E-state index in [4.69, 9.17) is 9.05 Å². The summed E-state index contributed by atoms with van der Waals surface area (Å²) in [6.07, 6.45) is 24.9. The normalized spacial score (nSPS) is 12.2. The summed E-state index contributed by atoms with van der Waals surface area (Å²) >= 11 is 0. The molecule has 1 rings (SSSR count). The maximum Gasteiger partial charge on any atom is 0.394 e. The van der Waals surface area contributed by atoms with Gasteiger partial charge in [0.15, 0.2) is 0 Å². The van der Waals surface area contributed by atoms with Gasteiger partial charge in [0.05, 0.1) is 6.61 Å². The van der Waals surface area contributed by atoms with E-state index in [-0.39, 0.29) is 0 Å². The first-order valence-electron chi connectivity index (χ1n) is 13.6. The number of unbranched alkanes of at least 4 members (excludes halogenated alkanes) is 16. The monoisotopic (exact) mass is 466 g/mol. The Hall–Kier alpha value is -0.630. The van der Waals surface area contributed by atoms with Crippen LogP contribution in [0.15, 0.2) is 24.3 Å². The van der Waals surface area contributed by atoms with Crippen LogP contribution < -0.4 is 4.52 Å². The molecule has 0 aromatic heterocycles. The van der Waals surface area contributed by atoms with Crippen molar-refractivity contribution >= 4 is 8.60 Å². The standard InChI is InChI=1S/C28H51O3P/c1-3-5-7-9-11-12-13-14-16-18-20-26-30-32(29)31-28-24-22-27(23-25-28)21-19-17-15-10-8-6-4-2/h22-25,29H,3-21,26H2,1-2H3. The van der Waals surface area contributed by atoms with Gasteiger partial charge >= 0.3 is 8.60 Å². The van der Waals surface area contributed by atoms with Crippen LogP contribution in [0.4, 0.5) is 0 Å². The summed E-state index contributed by atoms with van der Waals surface area (Å²) in [5.41, 5.74) is 1.34. The predicted molar refractivity (Wildman–Crippen MR) is 140 cm³/mol. The minimum Gasteiger partial charge on any atom is -0.427 e. The molecule has 0 aliphatic rings. The number of hydrogen-bond acceptors (Lipinski definition) is 3. The molecule has 0 aliphatic heterocycles. The van der Waals surface area contributed by atoms with Crippen LogP contribution in [-0.2, 0) is 10.9 Å². The maximum atomic E-state index is 10.0. The molecule has 0 saturated carbocycles. The van der Waals surface area contributed by atoms with Crippen LogP contribution in [0.25, 0.3) is 0 Å². The number of rotatable bonds is 23. The SMILES string of the molecule is CCCCCCCCCCCCCOP(O)Oc1ccc(CCCCCCCCC)cc1. The highest BCUT2D eigenvalue weighted by Crippen LogP contribution is 2.35. The van der Waals surface area contributed by atoms with Crippen LogP contribution in [0.3, 0.4) is 0 Å². The summed E-state index contributed by atoms with van der Waals surface area (Å²) in [4.78, 5) is 10.0. The lowest BCUT2D eigenvalue weighted by Gasteiger charge is -2.12. The fraction of sp³-hybridized carbons (Fsp3) is 0.786. The van der Waals surface area contributed by atoms with E-state index in [0.717, 1.165) is 12.8 Å². The number of hydrogen-bond donors (Lipinski definition) is 1. The van der Waals surface area contributed by atoms with Crippen LogP contribution in [0, 0.1) is 0 Å². The topological polar surface area (TPSA) is 38.7 Å². The largest absolute Gasteiger partial charge is 0.427 e. The minimum absolute atomic E-state index is 0.579. The van der Waals surface area contributed by atoms with E-state index in [1.807, 2.05) is 12.1 Å². The fourth-order valence-electron chi connectivity index (χ4n) is 4.03. The molecule has 1 aromatic carbocycles. The second-order valence-electron chi connectivity index (χ2n) is 9.21. The summed E-state index contributed by atoms with van der Waals surface area (Å²) < 4.78 is 11.0. The summed E-state index contributed by atoms with van der Waals surface area (Å²) in [5, 5.41) is 0. The van der Waals surface area contributed by atoms with E-state index in [0.29, 0.717) is 12.4 Å². The lowest BCUT2D eigenvalue weighted by atomic mass is 10.0. The summed E-state index contributed by atoms with van der Waals surface area (Å²) in [7, 11) is -1.83. The first-order chi connectivity index (χ1) is 15.8. The van der Waals surface area contributed by atoms with E-state index in [9.17, 15) is 4.89 Å². The van der Waals surface area contributed by atoms with Gasteiger partial charge in [-0.05, 0) is 37.0 Å². The third-order valence-electron chi connectivity index (χ3n) is 6.13. The average Bonchev–Trinajstić information content (AvgIpc) is 2.80. The highest BCUT2D eigenvalue weighted by atomic mass is 31.2. The van der Waals surface area contributed by atoms with Crippen LogP contribution in [0.2, 0.25) is 0 Å². The van der Waals surface area contributed by atoms with Crippen molar-refractivity contribution < 1.29 is 13.9 Å². The molecule has 186 valence electrons. The van der Waals surface area contributed by atoms with Crippen molar-refractivity contribution in [2.75, 3.05) is 6.61 Å². The van der Waals surface area contributed by atoms with E-state index in [1.54, 1.807) is 0 Å². The van der Waals surface area contributed by atoms with E-state index >= 15 is 0 Å². The fourth-order valence-corrected chi connectivity index (χ4v) is 4.67. The van der Waals surface area contributed by atoms with Gasteiger partial charge in [0.2, 0.25) is 0 Å². The Labute approximate surface area is 200 Å². The summed E-state index contributed by atoms with van der Waals surface area (Å²) in [6, 6.07) is 8.13. The zero-order valence-corrected chi connectivity index (χ0v) is 22.1. The van der Waals surface area contributed by atoms with Crippen molar-refractivity contribution in [3.63, 3.8) is 0 Å². The first kappa shape index (κ1) is 29.4. The first-order valence-corrected chi connectivity index (χ1v) is 14.8. The number of aryl methyl sites for hydroxylation is 1. The van der Waals surface area contributed by atoms with Crippen molar-refractivity contribution in [3.8, 4) is 5.75 Å². The zero-order valence-electron chi connectivity index (χ0n) is 21.2. The molecular weight excluding hydrogens is 415 g/mol. The Morgan fingerprint density at radius 1 is 0.594 bits per heavy atom. The zero-order chi connectivity index (χ0) is 23.1. The molecule has 3 nitrogen and oxygen atoms in total. The minimum atomic E-state index is -1.83. The molecule has 0 heterocycles. The molecule has 32 heavy (non-hydrogen) atoms. The third-order valence-corrected chi connectivity index (χ3v) is 6.90. The van der Waals surface area contributed by atoms with Crippen molar-refractivity contribution in [1.82, 2.24) is 0 Å². The van der Waals surface area contributed by atoms with Crippen LogP contribution in [0.5, 0.6) is 5.75 Å². The van der Waals surface area contributed by atoms with Crippen molar-refractivity contribution in [1.29, 1.82) is 0 Å². The van der Waals surface area contributed by atoms with E-state index in [1.165, 1.54) is 115 Å². The molecule has 0 bridgehead atoms. The molecule has 0 spiro atoms. The van der Waals surface area contributed by atoms with Crippen molar-refractivity contribution in [2.24, 2.45) is 0 Å². The maximum absolute atomic E-state index is 10.0. The van der Waals surface area contributed by atoms with Crippen LogP contribution in [-0.4, -0.2) is 11.5 Å². The van der Waals surface area contributed by atoms with Crippen LogP contribution in [0.1, 0.15) is 135 Å². The van der Waals surface area contributed by atoms with Gasteiger partial charge in [0.1, 0.15) is 5.75 Å². The van der Waals surface area contributed by atoms with Crippen LogP contribution >= 0.6 is 8.60 Å². The molecule has 4 heteroatoms. The van der Waals surface area contributed by atoms with Gasteiger partial charge in [-0.1, -0.05) is 129 Å². The molecule has 1 N–H and O–H groups in total. The van der Waals surface area contributed by atoms with Crippen molar-refractivity contribution in [2.45, 2.75) is 136 Å². The second kappa shape index (κ2) is 22.2. The molecule has 0 saturated heterocycles. The molecule has 0 aliphatic carbocycles. The predicted octanol–water partition coefficient (Wildman–Crippen LogP) is 9.91. The Morgan fingerprint density at radius 2 is 1.03 bits per heavy atom. The molecule has 1 aromatic rings. The van der Waals surface area contributed by atoms with Gasteiger partial charge in [-0.15, -0.1) is 0 Å². The van der Waals surface area contributed by atoms with Gasteiger partial charge in [0.25, 0.3) is 0 Å². The molecule has 0 amide bonds. The molecule has 0 radical (unpaired) electrons. The number of benzene rings is 1. The quantitative estimate of drug-likeness (QED) is 0.129. The van der Waals surface area contributed by atoms with Gasteiger partial charge < -0.3 is 13.9 Å². The van der Waals surface area contributed by atoms with Gasteiger partial charge in [-0.25, -0.2) is 0 Å². The molecule has 1 atom stereocenters. The second-order valence-corrected chi connectivity index (χ2v) is 10.1. The lowest BCUT2D eigenvalue weighted by molar-refractivity contribution is 0.253. The Morgan fingerprint density at radius 3 is 1.53 bits per heavy atom. The van der Waals surface area contributed by atoms with E-state index in [2.05, 4.69) is 26.0 Å². The van der Waals surface area contributed by atoms with E-state index < -0.39 is 8.60 Å². The average molecular weight is 467 g/mol. The third kappa shape index (κ3) is 17.9. The smallest absolute Gasteiger partial charge is 0.394 e. The summed E-state index contributed by atoms with van der Waals surface area (Å²) in [6.45, 7) is 5.11. The summed E-state index contributed by atoms with van der Waals surface area (Å²) in [5.74, 6) is 0.695. The van der Waals surface area contributed by atoms with Gasteiger partial charge in [-0.2, -0.15) is 0 Å². The van der Waals surface area contributed by atoms with Gasteiger partial charge in [-0.3, -0.25) is 0 Å². The Bertz CT molecular complexity index is 506. The Kier molecular flexibility index (Phi) is 20.4. The highest BCUT2D eigenvalue weighted by molar-refractivity contribution is 7.41. The van der Waals surface area contributed by atoms with Gasteiger partial charge in [0, 0.05) is 0 Å². The molecule has 0 fully saturated rings. The lowest BCUT2D eigenvalue weighted by Crippen LogP contribution is -1.95. The Balaban J connectivity index is 1.96. The molecule has 1 unspecified atom stereocenters.